The molecular weight excluding hydrogens is 376 g/mol. The first kappa shape index (κ1) is 20.4. The largest absolute Gasteiger partial charge is 0.443 e. The third-order valence-corrected chi connectivity index (χ3v) is 6.16. The molecule has 1 fully saturated rings. The molecule has 6 nitrogen and oxygen atoms in total. The van der Waals surface area contributed by atoms with Crippen molar-refractivity contribution in [3.05, 3.63) is 53.0 Å². The van der Waals surface area contributed by atoms with E-state index in [-0.39, 0.29) is 17.7 Å². The molecule has 2 aromatic heterocycles. The zero-order chi connectivity index (χ0) is 21.3. The van der Waals surface area contributed by atoms with Crippen LogP contribution in [0.4, 0.5) is 5.82 Å². The summed E-state index contributed by atoms with van der Waals surface area (Å²) in [7, 11) is 0. The highest BCUT2D eigenvalue weighted by molar-refractivity contribution is 5.90. The lowest BCUT2D eigenvalue weighted by molar-refractivity contribution is -0.125. The molecule has 1 aliphatic heterocycles. The number of hydrogen-bond acceptors (Lipinski definition) is 5. The molecule has 0 aliphatic carbocycles. The maximum atomic E-state index is 12.9. The SMILES string of the molecule is Cc1nc(N2CCC[C@H](C(=O)NC[C@H](C)c3ccccc3)C2)c2c(C)c(C)oc2n1. The smallest absolute Gasteiger partial charge is 0.231 e. The summed E-state index contributed by atoms with van der Waals surface area (Å²) in [6.45, 7) is 10.2. The highest BCUT2D eigenvalue weighted by Crippen LogP contribution is 2.33. The van der Waals surface area contributed by atoms with Gasteiger partial charge in [0, 0.05) is 25.2 Å². The van der Waals surface area contributed by atoms with Gasteiger partial charge in [0.15, 0.2) is 0 Å². The average Bonchev–Trinajstić information content (AvgIpc) is 3.05. The van der Waals surface area contributed by atoms with Crippen molar-refractivity contribution in [3.8, 4) is 0 Å². The molecule has 0 bridgehead atoms. The summed E-state index contributed by atoms with van der Waals surface area (Å²) < 4.78 is 5.84. The number of hydrogen-bond donors (Lipinski definition) is 1. The molecule has 3 aromatic rings. The number of furan rings is 1. The molecule has 0 saturated carbocycles. The van der Waals surface area contributed by atoms with E-state index >= 15 is 0 Å². The minimum absolute atomic E-state index is 0.0413. The van der Waals surface area contributed by atoms with Crippen molar-refractivity contribution in [2.45, 2.75) is 46.5 Å². The second kappa shape index (κ2) is 8.46. The summed E-state index contributed by atoms with van der Waals surface area (Å²) in [5.74, 6) is 2.82. The number of anilines is 1. The molecule has 0 radical (unpaired) electrons. The maximum absolute atomic E-state index is 12.9. The highest BCUT2D eigenvalue weighted by atomic mass is 16.3. The third kappa shape index (κ3) is 4.04. The normalized spacial score (nSPS) is 17.9. The van der Waals surface area contributed by atoms with E-state index < -0.39 is 0 Å². The zero-order valence-electron chi connectivity index (χ0n) is 18.2. The van der Waals surface area contributed by atoms with Gasteiger partial charge < -0.3 is 14.6 Å². The van der Waals surface area contributed by atoms with Gasteiger partial charge in [-0.15, -0.1) is 0 Å². The summed E-state index contributed by atoms with van der Waals surface area (Å²) in [4.78, 5) is 24.3. The first-order chi connectivity index (χ1) is 14.4. The predicted octanol–water partition coefficient (Wildman–Crippen LogP) is 4.28. The van der Waals surface area contributed by atoms with Crippen LogP contribution < -0.4 is 10.2 Å². The number of fused-ring (bicyclic) bond motifs is 1. The Morgan fingerprint density at radius 1 is 1.23 bits per heavy atom. The van der Waals surface area contributed by atoms with Gasteiger partial charge in [0.1, 0.15) is 17.4 Å². The quantitative estimate of drug-likeness (QED) is 0.685. The number of benzene rings is 1. The van der Waals surface area contributed by atoms with Gasteiger partial charge in [-0.1, -0.05) is 37.3 Å². The van der Waals surface area contributed by atoms with E-state index in [1.807, 2.05) is 39.0 Å². The second-order valence-corrected chi connectivity index (χ2v) is 8.40. The Balaban J connectivity index is 1.47. The number of amides is 1. The molecule has 0 spiro atoms. The summed E-state index contributed by atoms with van der Waals surface area (Å²) in [6.07, 6.45) is 1.87. The van der Waals surface area contributed by atoms with E-state index in [0.717, 1.165) is 41.9 Å². The summed E-state index contributed by atoms with van der Waals surface area (Å²) >= 11 is 0. The Morgan fingerprint density at radius 3 is 2.77 bits per heavy atom. The van der Waals surface area contributed by atoms with E-state index in [1.165, 1.54) is 5.56 Å². The standard InChI is InChI=1S/C24H30N4O2/c1-15(19-9-6-5-7-10-19)13-25-23(29)20-11-8-12-28(14-20)22-21-16(2)17(3)30-24(21)27-18(4)26-22/h5-7,9-10,15,20H,8,11-14H2,1-4H3,(H,25,29)/t15-,20-/m0/s1. The maximum Gasteiger partial charge on any atom is 0.231 e. The number of aryl methyl sites for hydroxylation is 3. The Hall–Kier alpha value is -2.89. The van der Waals surface area contributed by atoms with E-state index in [4.69, 9.17) is 9.40 Å². The number of carbonyl (C=O) groups is 1. The van der Waals surface area contributed by atoms with Crippen molar-refractivity contribution in [2.24, 2.45) is 5.92 Å². The van der Waals surface area contributed by atoms with E-state index in [9.17, 15) is 4.79 Å². The number of aromatic nitrogens is 2. The average molecular weight is 407 g/mol. The molecule has 30 heavy (non-hydrogen) atoms. The molecule has 1 N–H and O–H groups in total. The molecule has 158 valence electrons. The van der Waals surface area contributed by atoms with Crippen LogP contribution in [0.2, 0.25) is 0 Å². The molecule has 4 rings (SSSR count). The fraction of sp³-hybridized carbons (Fsp3) is 0.458. The van der Waals surface area contributed by atoms with Gasteiger partial charge in [-0.25, -0.2) is 4.98 Å². The minimum Gasteiger partial charge on any atom is -0.443 e. The first-order valence-electron chi connectivity index (χ1n) is 10.8. The second-order valence-electron chi connectivity index (χ2n) is 8.40. The Labute approximate surface area is 177 Å². The third-order valence-electron chi connectivity index (χ3n) is 6.16. The van der Waals surface area contributed by atoms with Gasteiger partial charge in [0.25, 0.3) is 0 Å². The van der Waals surface area contributed by atoms with E-state index in [2.05, 4.69) is 34.3 Å². The number of carbonyl (C=O) groups excluding carboxylic acids is 1. The number of rotatable bonds is 5. The first-order valence-corrected chi connectivity index (χ1v) is 10.8. The van der Waals surface area contributed by atoms with Crippen LogP contribution in [0.15, 0.2) is 34.7 Å². The van der Waals surface area contributed by atoms with Crippen molar-refractivity contribution in [1.82, 2.24) is 15.3 Å². The molecule has 6 heteroatoms. The molecule has 2 atom stereocenters. The minimum atomic E-state index is -0.0413. The van der Waals surface area contributed by atoms with E-state index in [0.29, 0.717) is 24.6 Å². The van der Waals surface area contributed by atoms with Crippen molar-refractivity contribution in [1.29, 1.82) is 0 Å². The zero-order valence-corrected chi connectivity index (χ0v) is 18.2. The lowest BCUT2D eigenvalue weighted by Gasteiger charge is -2.33. The molecule has 0 unspecified atom stereocenters. The topological polar surface area (TPSA) is 71.3 Å². The Morgan fingerprint density at radius 2 is 2.00 bits per heavy atom. The van der Waals surface area contributed by atoms with Crippen molar-refractivity contribution in [2.75, 3.05) is 24.5 Å². The van der Waals surface area contributed by atoms with Gasteiger partial charge in [0.2, 0.25) is 11.6 Å². The van der Waals surface area contributed by atoms with Gasteiger partial charge in [0.05, 0.1) is 11.3 Å². The van der Waals surface area contributed by atoms with Crippen molar-refractivity contribution < 1.29 is 9.21 Å². The lowest BCUT2D eigenvalue weighted by Crippen LogP contribution is -2.44. The summed E-state index contributed by atoms with van der Waals surface area (Å²) in [5.41, 5.74) is 2.95. The fourth-order valence-electron chi connectivity index (χ4n) is 4.24. The lowest BCUT2D eigenvalue weighted by atomic mass is 9.96. The van der Waals surface area contributed by atoms with Crippen molar-refractivity contribution in [3.63, 3.8) is 0 Å². The molecule has 1 amide bonds. The van der Waals surface area contributed by atoms with Crippen molar-refractivity contribution >= 4 is 22.8 Å². The molecule has 1 aromatic carbocycles. The van der Waals surface area contributed by atoms with Crippen LogP contribution in [0.5, 0.6) is 0 Å². The van der Waals surface area contributed by atoms with Crippen LogP contribution in [0.25, 0.3) is 11.1 Å². The van der Waals surface area contributed by atoms with Gasteiger partial charge >= 0.3 is 0 Å². The molecule has 3 heterocycles. The van der Waals surface area contributed by atoms with Crippen LogP contribution in [-0.2, 0) is 4.79 Å². The van der Waals surface area contributed by atoms with Gasteiger partial charge in [-0.3, -0.25) is 4.79 Å². The molecule has 1 aliphatic rings. The van der Waals surface area contributed by atoms with Crippen LogP contribution in [0.1, 0.15) is 48.4 Å². The number of piperidine rings is 1. The molecular formula is C24H30N4O2. The van der Waals surface area contributed by atoms with Gasteiger partial charge in [-0.05, 0) is 45.1 Å². The van der Waals surface area contributed by atoms with Gasteiger partial charge in [-0.2, -0.15) is 4.98 Å². The predicted molar refractivity (Wildman–Crippen MR) is 119 cm³/mol. The number of nitrogens with one attached hydrogen (secondary N) is 1. The fourth-order valence-corrected chi connectivity index (χ4v) is 4.24. The monoisotopic (exact) mass is 406 g/mol. The highest BCUT2D eigenvalue weighted by Gasteiger charge is 2.29. The molecule has 1 saturated heterocycles. The Bertz CT molecular complexity index is 1040. The Kier molecular flexibility index (Phi) is 5.75. The summed E-state index contributed by atoms with van der Waals surface area (Å²) in [5, 5.41) is 4.14. The van der Waals surface area contributed by atoms with E-state index in [1.54, 1.807) is 0 Å². The van der Waals surface area contributed by atoms with Crippen LogP contribution in [0.3, 0.4) is 0 Å². The van der Waals surface area contributed by atoms with Crippen LogP contribution in [-0.4, -0.2) is 35.5 Å². The number of nitrogens with zero attached hydrogens (tertiary/aromatic N) is 3. The summed E-state index contributed by atoms with van der Waals surface area (Å²) in [6, 6.07) is 10.3. The van der Waals surface area contributed by atoms with Crippen LogP contribution in [0, 0.1) is 26.7 Å². The van der Waals surface area contributed by atoms with Crippen LogP contribution >= 0.6 is 0 Å².